The lowest BCUT2D eigenvalue weighted by Crippen LogP contribution is -2.23. The number of para-hydroxylation sites is 1. The third-order valence-electron chi connectivity index (χ3n) is 3.95. The van der Waals surface area contributed by atoms with Gasteiger partial charge in [0.2, 0.25) is 0 Å². The molecule has 1 unspecified atom stereocenters. The van der Waals surface area contributed by atoms with Crippen molar-refractivity contribution in [3.8, 4) is 11.5 Å². The average Bonchev–Trinajstić information content (AvgIpc) is 2.67. The summed E-state index contributed by atoms with van der Waals surface area (Å²) in [5.41, 5.74) is 8.63. The Morgan fingerprint density at radius 2 is 1.71 bits per heavy atom. The second kappa shape index (κ2) is 10.7. The van der Waals surface area contributed by atoms with Gasteiger partial charge in [0.05, 0.1) is 12.6 Å². The standard InChI is InChI=1S/C22H23N3O2.HI/c1-16-7-5-8-17(13-16)21(26)15-24-22(23)25-18-9-6-12-20(14-18)27-19-10-3-2-4-11-19;/h2-14,21,26H,15H2,1H3,(H3,23,24,25);1H. The summed E-state index contributed by atoms with van der Waals surface area (Å²) in [6, 6.07) is 24.7. The van der Waals surface area contributed by atoms with Crippen molar-refractivity contribution in [1.82, 2.24) is 0 Å². The van der Waals surface area contributed by atoms with Gasteiger partial charge in [-0.2, -0.15) is 0 Å². The van der Waals surface area contributed by atoms with Gasteiger partial charge in [-0.25, -0.2) is 0 Å². The molecule has 0 aliphatic heterocycles. The molecule has 0 saturated heterocycles. The Morgan fingerprint density at radius 3 is 2.46 bits per heavy atom. The van der Waals surface area contributed by atoms with E-state index in [2.05, 4.69) is 10.3 Å². The summed E-state index contributed by atoms with van der Waals surface area (Å²) in [6.07, 6.45) is -0.696. The van der Waals surface area contributed by atoms with Crippen LogP contribution < -0.4 is 15.8 Å². The number of nitrogens with two attached hydrogens (primary N) is 1. The van der Waals surface area contributed by atoms with E-state index < -0.39 is 6.10 Å². The second-order valence-corrected chi connectivity index (χ2v) is 6.22. The predicted molar refractivity (Wildman–Crippen MR) is 125 cm³/mol. The van der Waals surface area contributed by atoms with Gasteiger partial charge in [0.1, 0.15) is 11.5 Å². The van der Waals surface area contributed by atoms with Crippen molar-refractivity contribution in [2.24, 2.45) is 10.7 Å². The lowest BCUT2D eigenvalue weighted by molar-refractivity contribution is 0.187. The third kappa shape index (κ3) is 6.54. The van der Waals surface area contributed by atoms with Crippen LogP contribution in [0.4, 0.5) is 5.69 Å². The molecular formula is C22H24IN3O2. The van der Waals surface area contributed by atoms with E-state index in [0.717, 1.165) is 22.6 Å². The van der Waals surface area contributed by atoms with Gasteiger partial charge >= 0.3 is 0 Å². The summed E-state index contributed by atoms with van der Waals surface area (Å²) in [7, 11) is 0. The van der Waals surface area contributed by atoms with Crippen molar-refractivity contribution in [3.05, 3.63) is 90.0 Å². The van der Waals surface area contributed by atoms with Gasteiger partial charge in [-0.05, 0) is 36.8 Å². The number of aliphatic hydroxyl groups is 1. The van der Waals surface area contributed by atoms with Gasteiger partial charge in [-0.15, -0.1) is 24.0 Å². The van der Waals surface area contributed by atoms with Crippen LogP contribution in [0.25, 0.3) is 0 Å². The summed E-state index contributed by atoms with van der Waals surface area (Å²) in [4.78, 5) is 4.23. The van der Waals surface area contributed by atoms with Gasteiger partial charge in [0.15, 0.2) is 5.96 Å². The van der Waals surface area contributed by atoms with Crippen LogP contribution in [0.1, 0.15) is 17.2 Å². The van der Waals surface area contributed by atoms with E-state index in [1.807, 2.05) is 85.8 Å². The van der Waals surface area contributed by atoms with E-state index in [0.29, 0.717) is 5.75 Å². The molecule has 5 nitrogen and oxygen atoms in total. The Labute approximate surface area is 182 Å². The molecule has 1 atom stereocenters. The number of aryl methyl sites for hydroxylation is 1. The monoisotopic (exact) mass is 489 g/mol. The number of aliphatic hydroxyl groups excluding tert-OH is 1. The summed E-state index contributed by atoms with van der Waals surface area (Å²) < 4.78 is 5.81. The smallest absolute Gasteiger partial charge is 0.193 e. The van der Waals surface area contributed by atoms with Crippen molar-refractivity contribution in [2.75, 3.05) is 11.9 Å². The molecule has 4 N–H and O–H groups in total. The van der Waals surface area contributed by atoms with Crippen molar-refractivity contribution in [2.45, 2.75) is 13.0 Å². The van der Waals surface area contributed by atoms with Crippen molar-refractivity contribution < 1.29 is 9.84 Å². The highest BCUT2D eigenvalue weighted by Crippen LogP contribution is 2.23. The molecular weight excluding hydrogens is 465 g/mol. The molecule has 28 heavy (non-hydrogen) atoms. The Balaban J connectivity index is 0.00000280. The van der Waals surface area contributed by atoms with E-state index in [1.165, 1.54) is 0 Å². The fraction of sp³-hybridized carbons (Fsp3) is 0.136. The Morgan fingerprint density at radius 1 is 1.00 bits per heavy atom. The Hall–Kier alpha value is -2.58. The van der Waals surface area contributed by atoms with E-state index in [9.17, 15) is 5.11 Å². The minimum Gasteiger partial charge on any atom is -0.457 e. The topological polar surface area (TPSA) is 79.9 Å². The molecule has 0 radical (unpaired) electrons. The molecule has 0 aliphatic rings. The molecule has 0 saturated carbocycles. The van der Waals surface area contributed by atoms with Crippen LogP contribution in [0.15, 0.2) is 83.9 Å². The zero-order chi connectivity index (χ0) is 19.1. The molecule has 0 aromatic heterocycles. The Bertz CT molecular complexity index is 916. The van der Waals surface area contributed by atoms with Crippen LogP contribution in [-0.4, -0.2) is 17.6 Å². The van der Waals surface area contributed by atoms with Crippen LogP contribution in [0.3, 0.4) is 0 Å². The van der Waals surface area contributed by atoms with Crippen LogP contribution >= 0.6 is 24.0 Å². The maximum atomic E-state index is 10.3. The average molecular weight is 489 g/mol. The maximum Gasteiger partial charge on any atom is 0.193 e. The molecule has 0 spiro atoms. The molecule has 0 bridgehead atoms. The molecule has 146 valence electrons. The first-order valence-electron chi connectivity index (χ1n) is 8.75. The highest BCUT2D eigenvalue weighted by atomic mass is 127. The fourth-order valence-electron chi connectivity index (χ4n) is 2.62. The van der Waals surface area contributed by atoms with Gasteiger partial charge in [0.25, 0.3) is 0 Å². The lowest BCUT2D eigenvalue weighted by atomic mass is 10.1. The Kier molecular flexibility index (Phi) is 8.28. The number of nitrogens with zero attached hydrogens (tertiary/aromatic N) is 1. The van der Waals surface area contributed by atoms with Crippen molar-refractivity contribution in [3.63, 3.8) is 0 Å². The normalized spacial score (nSPS) is 12.0. The first-order chi connectivity index (χ1) is 13.1. The van der Waals surface area contributed by atoms with E-state index in [4.69, 9.17) is 10.5 Å². The van der Waals surface area contributed by atoms with Crippen LogP contribution in [0.5, 0.6) is 11.5 Å². The number of guanidine groups is 1. The molecule has 0 amide bonds. The van der Waals surface area contributed by atoms with Crippen molar-refractivity contribution in [1.29, 1.82) is 0 Å². The number of ether oxygens (including phenoxy) is 1. The van der Waals surface area contributed by atoms with Gasteiger partial charge in [-0.1, -0.05) is 54.1 Å². The van der Waals surface area contributed by atoms with Crippen molar-refractivity contribution >= 4 is 35.6 Å². The minimum atomic E-state index is -0.696. The number of hydrogen-bond acceptors (Lipinski definition) is 3. The van der Waals surface area contributed by atoms with Crippen LogP contribution in [0.2, 0.25) is 0 Å². The summed E-state index contributed by atoms with van der Waals surface area (Å²) >= 11 is 0. The number of halogens is 1. The number of anilines is 1. The van der Waals surface area contributed by atoms with E-state index >= 15 is 0 Å². The molecule has 3 rings (SSSR count). The van der Waals surface area contributed by atoms with Gasteiger partial charge in [0, 0.05) is 11.8 Å². The quantitative estimate of drug-likeness (QED) is 0.262. The summed E-state index contributed by atoms with van der Waals surface area (Å²) in [5.74, 6) is 1.69. The third-order valence-corrected chi connectivity index (χ3v) is 3.95. The number of rotatable bonds is 6. The van der Waals surface area contributed by atoms with Crippen LogP contribution in [-0.2, 0) is 0 Å². The molecule has 0 aliphatic carbocycles. The fourth-order valence-corrected chi connectivity index (χ4v) is 2.62. The first kappa shape index (κ1) is 21.7. The maximum absolute atomic E-state index is 10.3. The van der Waals surface area contributed by atoms with Gasteiger partial charge < -0.3 is 20.9 Å². The predicted octanol–water partition coefficient (Wildman–Crippen LogP) is 4.87. The highest BCUT2D eigenvalue weighted by molar-refractivity contribution is 14.0. The largest absolute Gasteiger partial charge is 0.457 e. The summed E-state index contributed by atoms with van der Waals surface area (Å²) in [5, 5.41) is 13.3. The lowest BCUT2D eigenvalue weighted by Gasteiger charge is -2.11. The molecule has 0 fully saturated rings. The van der Waals surface area contributed by atoms with E-state index in [1.54, 1.807) is 0 Å². The molecule has 3 aromatic rings. The first-order valence-corrected chi connectivity index (χ1v) is 8.75. The van der Waals surface area contributed by atoms with Crippen LogP contribution in [0, 0.1) is 6.92 Å². The SMILES string of the molecule is Cc1cccc(C(O)CN=C(N)Nc2cccc(Oc3ccccc3)c2)c1.I. The zero-order valence-corrected chi connectivity index (χ0v) is 17.9. The highest BCUT2D eigenvalue weighted by Gasteiger charge is 2.07. The number of nitrogens with one attached hydrogen (secondary N) is 1. The minimum absolute atomic E-state index is 0. The molecule has 6 heteroatoms. The molecule has 3 aromatic carbocycles. The molecule has 0 heterocycles. The summed E-state index contributed by atoms with van der Waals surface area (Å²) in [6.45, 7) is 2.17. The number of benzene rings is 3. The number of hydrogen-bond donors (Lipinski definition) is 3. The van der Waals surface area contributed by atoms with E-state index in [-0.39, 0.29) is 36.5 Å². The zero-order valence-electron chi connectivity index (χ0n) is 15.6. The van der Waals surface area contributed by atoms with Gasteiger partial charge in [-0.3, -0.25) is 4.99 Å². The second-order valence-electron chi connectivity index (χ2n) is 6.22. The number of aliphatic imine (C=N–C) groups is 1.